The van der Waals surface area contributed by atoms with Crippen molar-refractivity contribution in [2.75, 3.05) is 13.2 Å². The lowest BCUT2D eigenvalue weighted by molar-refractivity contribution is 0.139. The van der Waals surface area contributed by atoms with Gasteiger partial charge in [0.05, 0.1) is 0 Å². The van der Waals surface area contributed by atoms with Gasteiger partial charge in [0, 0.05) is 12.6 Å². The van der Waals surface area contributed by atoms with Gasteiger partial charge in [-0.05, 0) is 18.9 Å². The number of carbonyl (C=O) groups is 1. The predicted molar refractivity (Wildman–Crippen MR) is 63.1 cm³/mol. The Morgan fingerprint density at radius 3 is 2.75 bits per heavy atom. The van der Waals surface area contributed by atoms with Crippen molar-refractivity contribution in [3.8, 4) is 0 Å². The standard InChI is InChI=1S/C12H18N2O2/c1-2-14-12(15)16-9-11(13)8-10-6-4-3-5-7-10/h3-7,11H,2,8-9,13H2,1H3,(H,14,15)/t11-/m1/s1. The Labute approximate surface area is 95.8 Å². The summed E-state index contributed by atoms with van der Waals surface area (Å²) in [5.41, 5.74) is 6.99. The van der Waals surface area contributed by atoms with E-state index in [0.717, 1.165) is 5.56 Å². The molecule has 0 aliphatic carbocycles. The van der Waals surface area contributed by atoms with Gasteiger partial charge in [0.2, 0.25) is 0 Å². The summed E-state index contributed by atoms with van der Waals surface area (Å²) in [5.74, 6) is 0. The molecule has 0 unspecified atom stereocenters. The predicted octanol–water partition coefficient (Wildman–Crippen LogP) is 1.30. The first-order valence-corrected chi connectivity index (χ1v) is 5.42. The average molecular weight is 222 g/mol. The Morgan fingerprint density at radius 2 is 2.12 bits per heavy atom. The molecule has 3 N–H and O–H groups in total. The molecule has 1 rings (SSSR count). The van der Waals surface area contributed by atoms with E-state index in [1.165, 1.54) is 0 Å². The SMILES string of the molecule is CCNC(=O)OC[C@H](N)Cc1ccccc1. The molecule has 1 aromatic rings. The molecular weight excluding hydrogens is 204 g/mol. The molecule has 0 fully saturated rings. The first kappa shape index (κ1) is 12.5. The van der Waals surface area contributed by atoms with Gasteiger partial charge in [0.15, 0.2) is 0 Å². The van der Waals surface area contributed by atoms with E-state index in [-0.39, 0.29) is 12.6 Å². The molecule has 0 bridgehead atoms. The van der Waals surface area contributed by atoms with Crippen LogP contribution in [-0.4, -0.2) is 25.3 Å². The lowest BCUT2D eigenvalue weighted by Gasteiger charge is -2.12. The zero-order valence-corrected chi connectivity index (χ0v) is 9.48. The second-order valence-electron chi connectivity index (χ2n) is 3.58. The van der Waals surface area contributed by atoms with Crippen molar-refractivity contribution in [1.29, 1.82) is 0 Å². The van der Waals surface area contributed by atoms with Gasteiger partial charge in [-0.1, -0.05) is 30.3 Å². The van der Waals surface area contributed by atoms with Crippen molar-refractivity contribution < 1.29 is 9.53 Å². The molecule has 1 aromatic carbocycles. The zero-order valence-electron chi connectivity index (χ0n) is 9.48. The van der Waals surface area contributed by atoms with Gasteiger partial charge < -0.3 is 15.8 Å². The highest BCUT2D eigenvalue weighted by Crippen LogP contribution is 2.01. The zero-order chi connectivity index (χ0) is 11.8. The second-order valence-corrected chi connectivity index (χ2v) is 3.58. The van der Waals surface area contributed by atoms with Crippen molar-refractivity contribution in [3.05, 3.63) is 35.9 Å². The molecule has 1 atom stereocenters. The quantitative estimate of drug-likeness (QED) is 0.789. The smallest absolute Gasteiger partial charge is 0.407 e. The Kier molecular flexibility index (Phi) is 5.36. The fraction of sp³-hybridized carbons (Fsp3) is 0.417. The molecule has 1 amide bonds. The number of carbonyl (C=O) groups excluding carboxylic acids is 1. The van der Waals surface area contributed by atoms with E-state index in [1.807, 2.05) is 37.3 Å². The van der Waals surface area contributed by atoms with E-state index >= 15 is 0 Å². The van der Waals surface area contributed by atoms with Crippen molar-refractivity contribution in [3.63, 3.8) is 0 Å². The van der Waals surface area contributed by atoms with Crippen molar-refractivity contribution >= 4 is 6.09 Å². The summed E-state index contributed by atoms with van der Waals surface area (Å²) < 4.78 is 4.94. The molecule has 4 nitrogen and oxygen atoms in total. The number of nitrogens with two attached hydrogens (primary N) is 1. The van der Waals surface area contributed by atoms with E-state index in [4.69, 9.17) is 10.5 Å². The molecule has 0 aromatic heterocycles. The van der Waals surface area contributed by atoms with Gasteiger partial charge in [-0.25, -0.2) is 4.79 Å². The molecule has 0 spiro atoms. The topological polar surface area (TPSA) is 64.3 Å². The summed E-state index contributed by atoms with van der Waals surface area (Å²) in [5, 5.41) is 2.55. The monoisotopic (exact) mass is 222 g/mol. The first-order valence-electron chi connectivity index (χ1n) is 5.42. The minimum absolute atomic E-state index is 0.162. The highest BCUT2D eigenvalue weighted by Gasteiger charge is 2.07. The summed E-state index contributed by atoms with van der Waals surface area (Å²) in [4.78, 5) is 11.0. The van der Waals surface area contributed by atoms with Crippen molar-refractivity contribution in [2.24, 2.45) is 5.73 Å². The molecular formula is C12H18N2O2. The van der Waals surface area contributed by atoms with Crippen LogP contribution in [0.2, 0.25) is 0 Å². The summed E-state index contributed by atoms with van der Waals surface area (Å²) in [6.07, 6.45) is 0.297. The van der Waals surface area contributed by atoms with Crippen LogP contribution in [0.4, 0.5) is 4.79 Å². The number of amides is 1. The molecule has 0 aliphatic rings. The van der Waals surface area contributed by atoms with Crippen LogP contribution in [0.3, 0.4) is 0 Å². The molecule has 88 valence electrons. The van der Waals surface area contributed by atoms with E-state index in [2.05, 4.69) is 5.32 Å². The molecule has 0 heterocycles. The van der Waals surface area contributed by atoms with Crippen LogP contribution in [-0.2, 0) is 11.2 Å². The van der Waals surface area contributed by atoms with Gasteiger partial charge in [-0.2, -0.15) is 0 Å². The molecule has 0 aliphatic heterocycles. The number of ether oxygens (including phenoxy) is 1. The maximum absolute atomic E-state index is 11.0. The van der Waals surface area contributed by atoms with Crippen LogP contribution < -0.4 is 11.1 Å². The van der Waals surface area contributed by atoms with Gasteiger partial charge in [-0.15, -0.1) is 0 Å². The Morgan fingerprint density at radius 1 is 1.44 bits per heavy atom. The summed E-state index contributed by atoms with van der Waals surface area (Å²) in [6.45, 7) is 2.64. The third-order valence-electron chi connectivity index (χ3n) is 2.09. The number of alkyl carbamates (subject to hydrolysis) is 1. The minimum Gasteiger partial charge on any atom is -0.448 e. The molecule has 0 saturated heterocycles. The highest BCUT2D eigenvalue weighted by atomic mass is 16.5. The molecule has 4 heteroatoms. The van der Waals surface area contributed by atoms with Crippen LogP contribution in [0.5, 0.6) is 0 Å². The Bertz CT molecular complexity index is 314. The van der Waals surface area contributed by atoms with Gasteiger partial charge in [0.1, 0.15) is 6.61 Å². The number of hydrogen-bond donors (Lipinski definition) is 2. The van der Waals surface area contributed by atoms with E-state index < -0.39 is 6.09 Å². The number of rotatable bonds is 5. The largest absolute Gasteiger partial charge is 0.448 e. The molecule has 0 saturated carbocycles. The summed E-state index contributed by atoms with van der Waals surface area (Å²) in [6, 6.07) is 9.74. The van der Waals surface area contributed by atoms with Crippen molar-refractivity contribution in [2.45, 2.75) is 19.4 Å². The van der Waals surface area contributed by atoms with Gasteiger partial charge in [0.25, 0.3) is 0 Å². The Balaban J connectivity index is 2.26. The maximum atomic E-state index is 11.0. The summed E-state index contributed by atoms with van der Waals surface area (Å²) >= 11 is 0. The average Bonchev–Trinajstić information content (AvgIpc) is 2.28. The van der Waals surface area contributed by atoms with Gasteiger partial charge >= 0.3 is 6.09 Å². The first-order chi connectivity index (χ1) is 7.72. The minimum atomic E-state index is -0.411. The fourth-order valence-corrected chi connectivity index (χ4v) is 1.35. The normalized spacial score (nSPS) is 11.9. The summed E-state index contributed by atoms with van der Waals surface area (Å²) in [7, 11) is 0. The number of hydrogen-bond acceptors (Lipinski definition) is 3. The second kappa shape index (κ2) is 6.85. The number of benzene rings is 1. The molecule has 0 radical (unpaired) electrons. The van der Waals surface area contributed by atoms with Crippen LogP contribution in [0, 0.1) is 0 Å². The lowest BCUT2D eigenvalue weighted by Crippen LogP contribution is -2.33. The van der Waals surface area contributed by atoms with E-state index in [9.17, 15) is 4.79 Å². The lowest BCUT2D eigenvalue weighted by atomic mass is 10.1. The third kappa shape index (κ3) is 4.79. The van der Waals surface area contributed by atoms with Crippen LogP contribution in [0.25, 0.3) is 0 Å². The van der Waals surface area contributed by atoms with Gasteiger partial charge in [-0.3, -0.25) is 0 Å². The highest BCUT2D eigenvalue weighted by molar-refractivity contribution is 5.66. The van der Waals surface area contributed by atoms with Crippen LogP contribution in [0.15, 0.2) is 30.3 Å². The van der Waals surface area contributed by atoms with Crippen LogP contribution in [0.1, 0.15) is 12.5 Å². The number of nitrogens with one attached hydrogen (secondary N) is 1. The third-order valence-corrected chi connectivity index (χ3v) is 2.09. The Hall–Kier alpha value is -1.55. The van der Waals surface area contributed by atoms with E-state index in [1.54, 1.807) is 0 Å². The van der Waals surface area contributed by atoms with E-state index in [0.29, 0.717) is 13.0 Å². The molecule has 16 heavy (non-hydrogen) atoms. The van der Waals surface area contributed by atoms with Crippen LogP contribution >= 0.6 is 0 Å². The fourth-order valence-electron chi connectivity index (χ4n) is 1.35. The maximum Gasteiger partial charge on any atom is 0.407 e. The van der Waals surface area contributed by atoms with Crippen molar-refractivity contribution in [1.82, 2.24) is 5.32 Å².